The number of hydrogen-bond acceptors (Lipinski definition) is 5. The van der Waals surface area contributed by atoms with E-state index >= 15 is 0 Å². The molecule has 0 fully saturated rings. The molecule has 0 amide bonds. The number of esters is 1. The Labute approximate surface area is 99.1 Å². The first kappa shape index (κ1) is 12.7. The molecule has 1 aromatic carbocycles. The third-order valence-corrected chi connectivity index (χ3v) is 2.54. The smallest absolute Gasteiger partial charge is 0.342 e. The van der Waals surface area contributed by atoms with Crippen molar-refractivity contribution in [3.8, 4) is 5.75 Å². The molecule has 0 aliphatic carbocycles. The predicted molar refractivity (Wildman–Crippen MR) is 66.1 cm³/mol. The van der Waals surface area contributed by atoms with Crippen LogP contribution in [0.4, 0.5) is 5.69 Å². The molecule has 0 radical (unpaired) electrons. The van der Waals surface area contributed by atoms with Crippen LogP contribution in [0.25, 0.3) is 0 Å². The molecular weight excluding hydrogens is 226 g/mol. The van der Waals surface area contributed by atoms with Crippen molar-refractivity contribution in [2.45, 2.75) is 0 Å². The van der Waals surface area contributed by atoms with Gasteiger partial charge in [-0.1, -0.05) is 0 Å². The van der Waals surface area contributed by atoms with Crippen LogP contribution < -0.4 is 10.5 Å². The summed E-state index contributed by atoms with van der Waals surface area (Å²) in [4.78, 5) is 11.7. The van der Waals surface area contributed by atoms with E-state index in [-0.39, 0.29) is 0 Å². The molecular formula is C11H15NO3S. The third-order valence-electron chi connectivity index (χ3n) is 1.96. The molecule has 88 valence electrons. The highest BCUT2D eigenvalue weighted by Crippen LogP contribution is 2.21. The number of methoxy groups -OCH3 is 1. The molecule has 1 rings (SSSR count). The van der Waals surface area contributed by atoms with E-state index in [2.05, 4.69) is 0 Å². The second-order valence-corrected chi connectivity index (χ2v) is 4.07. The second-order valence-electron chi connectivity index (χ2n) is 3.09. The monoisotopic (exact) mass is 241 g/mol. The van der Waals surface area contributed by atoms with Crippen LogP contribution in [-0.2, 0) is 4.74 Å². The van der Waals surface area contributed by atoms with Crippen molar-refractivity contribution < 1.29 is 14.3 Å². The molecule has 0 aliphatic heterocycles. The molecule has 16 heavy (non-hydrogen) atoms. The van der Waals surface area contributed by atoms with Gasteiger partial charge in [-0.25, -0.2) is 4.79 Å². The van der Waals surface area contributed by atoms with E-state index in [1.165, 1.54) is 7.11 Å². The second kappa shape index (κ2) is 6.27. The lowest BCUT2D eigenvalue weighted by molar-refractivity contribution is 0.0527. The minimum absolute atomic E-state index is 0.364. The van der Waals surface area contributed by atoms with Crippen LogP contribution >= 0.6 is 11.8 Å². The Balaban J connectivity index is 2.76. The third kappa shape index (κ3) is 3.34. The maximum absolute atomic E-state index is 11.7. The van der Waals surface area contributed by atoms with Gasteiger partial charge in [0.05, 0.1) is 7.11 Å². The Morgan fingerprint density at radius 2 is 2.25 bits per heavy atom. The molecule has 1 aromatic rings. The fourth-order valence-corrected chi connectivity index (χ4v) is 1.43. The lowest BCUT2D eigenvalue weighted by Gasteiger charge is -2.08. The molecule has 0 bridgehead atoms. The summed E-state index contributed by atoms with van der Waals surface area (Å²) in [6, 6.07) is 4.89. The summed E-state index contributed by atoms with van der Waals surface area (Å²) >= 11 is 1.62. The van der Waals surface area contributed by atoms with Crippen molar-refractivity contribution in [3.05, 3.63) is 23.8 Å². The number of thioether (sulfide) groups is 1. The zero-order chi connectivity index (χ0) is 12.0. The Hall–Kier alpha value is -1.36. The standard InChI is InChI=1S/C11H15NO3S/c1-14-10-4-3-8(12)7-9(10)11(13)15-5-6-16-2/h3-4,7H,5-6,12H2,1-2H3. The van der Waals surface area contributed by atoms with Crippen LogP contribution in [0.15, 0.2) is 18.2 Å². The first-order valence-corrected chi connectivity index (χ1v) is 6.18. The molecule has 0 saturated carbocycles. The van der Waals surface area contributed by atoms with Crippen LogP contribution in [0.5, 0.6) is 5.75 Å². The van der Waals surface area contributed by atoms with Gasteiger partial charge in [-0.3, -0.25) is 0 Å². The predicted octanol–water partition coefficient (Wildman–Crippen LogP) is 1.80. The Morgan fingerprint density at radius 1 is 1.50 bits per heavy atom. The highest BCUT2D eigenvalue weighted by Gasteiger charge is 2.13. The van der Waals surface area contributed by atoms with E-state index in [0.717, 1.165) is 5.75 Å². The zero-order valence-electron chi connectivity index (χ0n) is 9.36. The van der Waals surface area contributed by atoms with Gasteiger partial charge in [0.25, 0.3) is 0 Å². The van der Waals surface area contributed by atoms with Crippen LogP contribution in [-0.4, -0.2) is 31.7 Å². The number of benzene rings is 1. The number of anilines is 1. The van der Waals surface area contributed by atoms with Gasteiger partial charge in [-0.05, 0) is 24.5 Å². The van der Waals surface area contributed by atoms with Crippen LogP contribution in [0.1, 0.15) is 10.4 Å². The van der Waals surface area contributed by atoms with Crippen molar-refractivity contribution in [3.63, 3.8) is 0 Å². The summed E-state index contributed by atoms with van der Waals surface area (Å²) in [6.07, 6.45) is 1.95. The summed E-state index contributed by atoms with van der Waals surface area (Å²) in [5, 5.41) is 0. The fourth-order valence-electron chi connectivity index (χ4n) is 1.18. The first-order chi connectivity index (χ1) is 7.69. The summed E-state index contributed by atoms with van der Waals surface area (Å²) < 4.78 is 10.1. The zero-order valence-corrected chi connectivity index (χ0v) is 10.2. The molecule has 0 unspecified atom stereocenters. The van der Waals surface area contributed by atoms with Gasteiger partial charge in [0.15, 0.2) is 0 Å². The van der Waals surface area contributed by atoms with Gasteiger partial charge < -0.3 is 15.2 Å². The number of nitrogen functional groups attached to an aromatic ring is 1. The van der Waals surface area contributed by atoms with E-state index in [1.54, 1.807) is 30.0 Å². The van der Waals surface area contributed by atoms with Gasteiger partial charge in [0.2, 0.25) is 0 Å². The number of rotatable bonds is 5. The largest absolute Gasteiger partial charge is 0.496 e. The summed E-state index contributed by atoms with van der Waals surface area (Å²) in [5.41, 5.74) is 6.48. The van der Waals surface area contributed by atoms with Gasteiger partial charge >= 0.3 is 5.97 Å². The van der Waals surface area contributed by atoms with Gasteiger partial charge in [-0.15, -0.1) is 0 Å². The summed E-state index contributed by atoms with van der Waals surface area (Å²) in [7, 11) is 1.50. The number of hydrogen-bond donors (Lipinski definition) is 1. The average Bonchev–Trinajstić information content (AvgIpc) is 2.29. The number of carbonyl (C=O) groups is 1. The number of ether oxygens (including phenoxy) is 2. The van der Waals surface area contributed by atoms with Crippen molar-refractivity contribution in [1.29, 1.82) is 0 Å². The minimum Gasteiger partial charge on any atom is -0.496 e. The minimum atomic E-state index is -0.404. The number of nitrogens with two attached hydrogens (primary N) is 1. The first-order valence-electron chi connectivity index (χ1n) is 4.78. The summed E-state index contributed by atoms with van der Waals surface area (Å²) in [6.45, 7) is 0.387. The average molecular weight is 241 g/mol. The van der Waals surface area contributed by atoms with Crippen LogP contribution in [0.3, 0.4) is 0 Å². The number of carbonyl (C=O) groups excluding carboxylic acids is 1. The van der Waals surface area contributed by atoms with Gasteiger partial charge in [0, 0.05) is 11.4 Å². The molecule has 4 nitrogen and oxygen atoms in total. The van der Waals surface area contributed by atoms with E-state index < -0.39 is 5.97 Å². The normalized spacial score (nSPS) is 9.88. The topological polar surface area (TPSA) is 61.5 Å². The van der Waals surface area contributed by atoms with Crippen molar-refractivity contribution >= 4 is 23.4 Å². The summed E-state index contributed by atoms with van der Waals surface area (Å²) in [5.74, 6) is 0.845. The highest BCUT2D eigenvalue weighted by molar-refractivity contribution is 7.98. The molecule has 0 aliphatic rings. The van der Waals surface area contributed by atoms with Crippen LogP contribution in [0, 0.1) is 0 Å². The molecule has 0 spiro atoms. The lowest BCUT2D eigenvalue weighted by atomic mass is 10.2. The highest BCUT2D eigenvalue weighted by atomic mass is 32.2. The van der Waals surface area contributed by atoms with Crippen molar-refractivity contribution in [1.82, 2.24) is 0 Å². The van der Waals surface area contributed by atoms with Crippen LogP contribution in [0.2, 0.25) is 0 Å². The van der Waals surface area contributed by atoms with E-state index in [9.17, 15) is 4.79 Å². The molecule has 0 aromatic heterocycles. The molecule has 2 N–H and O–H groups in total. The maximum atomic E-state index is 11.7. The fraction of sp³-hybridized carbons (Fsp3) is 0.364. The Kier molecular flexibility index (Phi) is 4.98. The Morgan fingerprint density at radius 3 is 2.88 bits per heavy atom. The van der Waals surface area contributed by atoms with E-state index in [0.29, 0.717) is 23.6 Å². The molecule has 0 saturated heterocycles. The Bertz CT molecular complexity index is 368. The van der Waals surface area contributed by atoms with Crippen molar-refractivity contribution in [2.75, 3.05) is 31.5 Å². The van der Waals surface area contributed by atoms with Crippen molar-refractivity contribution in [2.24, 2.45) is 0 Å². The molecule has 0 atom stereocenters. The molecule has 5 heteroatoms. The van der Waals surface area contributed by atoms with E-state index in [4.69, 9.17) is 15.2 Å². The van der Waals surface area contributed by atoms with Gasteiger partial charge in [0.1, 0.15) is 17.9 Å². The van der Waals surface area contributed by atoms with Gasteiger partial charge in [-0.2, -0.15) is 11.8 Å². The molecule has 0 heterocycles. The van der Waals surface area contributed by atoms with E-state index in [1.807, 2.05) is 6.26 Å². The lowest BCUT2D eigenvalue weighted by Crippen LogP contribution is -2.09. The maximum Gasteiger partial charge on any atom is 0.342 e. The quantitative estimate of drug-likeness (QED) is 0.484. The SMILES string of the molecule is COc1ccc(N)cc1C(=O)OCCSC.